The Morgan fingerprint density at radius 1 is 1.22 bits per heavy atom. The fraction of sp³-hybridized carbons (Fsp3) is 0.190. The van der Waals surface area contributed by atoms with Gasteiger partial charge in [-0.2, -0.15) is 13.2 Å². The lowest BCUT2D eigenvalue weighted by Gasteiger charge is -2.16. The van der Waals surface area contributed by atoms with E-state index in [9.17, 15) is 32.3 Å². The molecule has 0 bridgehead atoms. The van der Waals surface area contributed by atoms with Crippen molar-refractivity contribution < 1.29 is 32.2 Å². The summed E-state index contributed by atoms with van der Waals surface area (Å²) in [4.78, 5) is 31.0. The molecule has 1 unspecified atom stereocenters. The zero-order chi connectivity index (χ0) is 23.5. The molecule has 0 spiro atoms. The number of ether oxygens (including phenoxy) is 1. The number of methoxy groups -OCH3 is 1. The van der Waals surface area contributed by atoms with Crippen LogP contribution in [0.25, 0.3) is 0 Å². The second-order valence-corrected chi connectivity index (χ2v) is 6.67. The van der Waals surface area contributed by atoms with E-state index in [0.29, 0.717) is 17.7 Å². The van der Waals surface area contributed by atoms with E-state index < -0.39 is 53.1 Å². The molecule has 32 heavy (non-hydrogen) atoms. The first-order valence-corrected chi connectivity index (χ1v) is 9.16. The largest absolute Gasteiger partial charge is 0.501 e. The van der Waals surface area contributed by atoms with Gasteiger partial charge in [-0.25, -0.2) is 9.37 Å². The molecule has 1 atom stereocenters. The van der Waals surface area contributed by atoms with Gasteiger partial charge >= 0.3 is 6.18 Å². The predicted molar refractivity (Wildman–Crippen MR) is 104 cm³/mol. The van der Waals surface area contributed by atoms with Crippen LogP contribution in [-0.4, -0.2) is 28.1 Å². The molecule has 0 saturated carbocycles. The topological polar surface area (TPSA) is 104 Å². The first-order chi connectivity index (χ1) is 15.1. The Kier molecular flexibility index (Phi) is 6.58. The minimum absolute atomic E-state index is 0.0457. The van der Waals surface area contributed by atoms with Crippen LogP contribution in [0, 0.1) is 5.82 Å². The van der Waals surface area contributed by atoms with E-state index in [-0.39, 0.29) is 11.4 Å². The maximum Gasteiger partial charge on any atom is 0.419 e. The van der Waals surface area contributed by atoms with Crippen LogP contribution < -0.4 is 10.9 Å². The average molecular weight is 451 g/mol. The molecule has 0 fully saturated rings. The second kappa shape index (κ2) is 9.18. The predicted octanol–water partition coefficient (Wildman–Crippen LogP) is 3.30. The third kappa shape index (κ3) is 4.94. The fourth-order valence-electron chi connectivity index (χ4n) is 2.97. The van der Waals surface area contributed by atoms with Crippen LogP contribution in [-0.2, 0) is 17.5 Å². The van der Waals surface area contributed by atoms with Crippen LogP contribution in [0.15, 0.2) is 53.3 Å². The number of hydrogen-bond acceptors (Lipinski definition) is 5. The number of aromatic nitrogens is 2. The summed E-state index contributed by atoms with van der Waals surface area (Å²) in [7, 11) is 1.36. The molecule has 7 nitrogen and oxygen atoms in total. The van der Waals surface area contributed by atoms with Crippen LogP contribution >= 0.6 is 0 Å². The summed E-state index contributed by atoms with van der Waals surface area (Å²) in [6.45, 7) is -0.433. The van der Waals surface area contributed by atoms with Crippen LogP contribution in [0.5, 0.6) is 5.75 Å². The smallest absolute Gasteiger partial charge is 0.419 e. The highest BCUT2D eigenvalue weighted by molar-refractivity contribution is 5.94. The van der Waals surface area contributed by atoms with Crippen molar-refractivity contribution in [2.75, 3.05) is 7.11 Å². The Bertz CT molecular complexity index is 1180. The summed E-state index contributed by atoms with van der Waals surface area (Å²) < 4.78 is 57.4. The maximum atomic E-state index is 13.4. The number of hydrogen-bond donors (Lipinski definition) is 3. The summed E-state index contributed by atoms with van der Waals surface area (Å²) in [6.07, 6.45) is -5.76. The Balaban J connectivity index is 1.87. The molecule has 168 valence electrons. The molecule has 0 radical (unpaired) electrons. The number of amides is 1. The number of carbonyl (C=O) groups is 1. The van der Waals surface area contributed by atoms with Gasteiger partial charge in [0.1, 0.15) is 17.7 Å². The lowest BCUT2D eigenvalue weighted by Crippen LogP contribution is -2.28. The summed E-state index contributed by atoms with van der Waals surface area (Å²) >= 11 is 0. The van der Waals surface area contributed by atoms with Gasteiger partial charge in [0, 0.05) is 13.7 Å². The second-order valence-electron chi connectivity index (χ2n) is 6.67. The zero-order valence-electron chi connectivity index (χ0n) is 16.5. The Hall–Kier alpha value is -3.73. The van der Waals surface area contributed by atoms with E-state index >= 15 is 0 Å². The molecular weight excluding hydrogens is 434 g/mol. The van der Waals surface area contributed by atoms with E-state index in [1.807, 2.05) is 0 Å². The van der Waals surface area contributed by atoms with E-state index in [2.05, 4.69) is 15.3 Å². The number of benzene rings is 2. The van der Waals surface area contributed by atoms with E-state index in [4.69, 9.17) is 4.74 Å². The summed E-state index contributed by atoms with van der Waals surface area (Å²) in [5, 5.41) is 12.3. The van der Waals surface area contributed by atoms with E-state index in [1.165, 1.54) is 7.11 Å². The zero-order valence-corrected chi connectivity index (χ0v) is 16.5. The lowest BCUT2D eigenvalue weighted by atomic mass is 10.1. The van der Waals surface area contributed by atoms with E-state index in [1.54, 1.807) is 30.3 Å². The number of aromatic hydroxyl groups is 1. The van der Waals surface area contributed by atoms with Crippen molar-refractivity contribution in [1.29, 1.82) is 0 Å². The Labute approximate surface area is 178 Å². The van der Waals surface area contributed by atoms with Gasteiger partial charge in [-0.05, 0) is 23.3 Å². The normalized spacial score (nSPS) is 12.4. The highest BCUT2D eigenvalue weighted by atomic mass is 19.4. The number of halogens is 4. The van der Waals surface area contributed by atoms with Crippen LogP contribution in [0.1, 0.15) is 39.1 Å². The number of carbonyl (C=O) groups excluding carboxylic acids is 1. The summed E-state index contributed by atoms with van der Waals surface area (Å²) in [5.41, 5.74) is -2.55. The molecule has 0 aliphatic carbocycles. The van der Waals surface area contributed by atoms with Gasteiger partial charge in [-0.1, -0.05) is 36.4 Å². The highest BCUT2D eigenvalue weighted by Gasteiger charge is 2.34. The maximum absolute atomic E-state index is 13.4. The van der Waals surface area contributed by atoms with Gasteiger partial charge in [0.05, 0.1) is 5.56 Å². The number of H-pyrrole nitrogens is 1. The molecule has 1 aromatic heterocycles. The molecule has 3 N–H and O–H groups in total. The van der Waals surface area contributed by atoms with Crippen molar-refractivity contribution in [3.05, 3.63) is 92.9 Å². The molecule has 3 aromatic rings. The van der Waals surface area contributed by atoms with Gasteiger partial charge in [0.25, 0.3) is 11.5 Å². The number of nitrogens with zero attached hydrogens (tertiary/aromatic N) is 1. The fourth-order valence-corrected chi connectivity index (χ4v) is 2.97. The van der Waals surface area contributed by atoms with Crippen LogP contribution in [0.2, 0.25) is 0 Å². The minimum atomic E-state index is -4.90. The third-order valence-electron chi connectivity index (χ3n) is 4.50. The van der Waals surface area contributed by atoms with Gasteiger partial charge in [-0.15, -0.1) is 0 Å². The summed E-state index contributed by atoms with van der Waals surface area (Å²) in [6, 6.07) is 10.9. The molecule has 0 saturated heterocycles. The van der Waals surface area contributed by atoms with Crippen molar-refractivity contribution in [3.8, 4) is 5.75 Å². The number of rotatable bonds is 6. The average Bonchev–Trinajstić information content (AvgIpc) is 2.75. The van der Waals surface area contributed by atoms with Crippen molar-refractivity contribution in [1.82, 2.24) is 15.3 Å². The van der Waals surface area contributed by atoms with Crippen LogP contribution in [0.3, 0.4) is 0 Å². The number of alkyl halides is 3. The molecule has 2 aromatic carbocycles. The summed E-state index contributed by atoms with van der Waals surface area (Å²) in [5.74, 6) is -3.50. The lowest BCUT2D eigenvalue weighted by molar-refractivity contribution is -0.140. The van der Waals surface area contributed by atoms with Crippen molar-refractivity contribution >= 4 is 5.91 Å². The standard InChI is InChI=1S/C21H17F4N3O4/c1-32-17(12-5-3-2-4-6-12)18-27-15(16(29)20(31)28-18)19(30)26-10-11-7-8-14(22)13(9-11)21(23,24)25/h2-9,17,29H,10H2,1H3,(H,26,30)(H,27,28,31). The molecule has 11 heteroatoms. The first-order valence-electron chi connectivity index (χ1n) is 9.16. The third-order valence-corrected chi connectivity index (χ3v) is 4.50. The molecule has 1 heterocycles. The van der Waals surface area contributed by atoms with Gasteiger partial charge in [0.15, 0.2) is 5.69 Å². The van der Waals surface area contributed by atoms with Gasteiger partial charge < -0.3 is 20.1 Å². The first kappa shape index (κ1) is 22.9. The van der Waals surface area contributed by atoms with Gasteiger partial charge in [-0.3, -0.25) is 9.59 Å². The van der Waals surface area contributed by atoms with E-state index in [0.717, 1.165) is 6.07 Å². The van der Waals surface area contributed by atoms with Crippen molar-refractivity contribution in [3.63, 3.8) is 0 Å². The Morgan fingerprint density at radius 3 is 2.53 bits per heavy atom. The SMILES string of the molecule is COC(c1ccccc1)c1nc(C(=O)NCc2ccc(F)c(C(F)(F)F)c2)c(O)c(=O)[nH]1. The Morgan fingerprint density at radius 2 is 1.91 bits per heavy atom. The van der Waals surface area contributed by atoms with Crippen molar-refractivity contribution in [2.24, 2.45) is 0 Å². The molecule has 0 aliphatic heterocycles. The molecule has 3 rings (SSSR count). The van der Waals surface area contributed by atoms with Crippen LogP contribution in [0.4, 0.5) is 17.6 Å². The number of nitrogens with one attached hydrogen (secondary N) is 2. The number of aromatic amines is 1. The molecule has 0 aliphatic rings. The molecular formula is C21H17F4N3O4. The molecule has 1 amide bonds. The highest BCUT2D eigenvalue weighted by Crippen LogP contribution is 2.32. The quantitative estimate of drug-likeness (QED) is 0.499. The van der Waals surface area contributed by atoms with Gasteiger partial charge in [0.2, 0.25) is 5.75 Å². The minimum Gasteiger partial charge on any atom is -0.501 e. The van der Waals surface area contributed by atoms with Crippen molar-refractivity contribution in [2.45, 2.75) is 18.8 Å². The monoisotopic (exact) mass is 451 g/mol.